The SMILES string of the molecule is CCC1COC(C)CN1C(=O)c1cccc(Br)c1F. The second kappa shape index (κ2) is 6.01. The van der Waals surface area contributed by atoms with E-state index in [9.17, 15) is 9.18 Å². The van der Waals surface area contributed by atoms with Gasteiger partial charge >= 0.3 is 0 Å². The number of hydrogen-bond donors (Lipinski definition) is 0. The van der Waals surface area contributed by atoms with Crippen LogP contribution in [0.3, 0.4) is 0 Å². The zero-order valence-electron chi connectivity index (χ0n) is 11.0. The molecule has 0 radical (unpaired) electrons. The molecule has 1 aliphatic heterocycles. The molecule has 2 atom stereocenters. The molecule has 1 amide bonds. The number of carbonyl (C=O) groups excluding carboxylic acids is 1. The predicted molar refractivity (Wildman–Crippen MR) is 74.6 cm³/mol. The molecule has 0 aromatic heterocycles. The summed E-state index contributed by atoms with van der Waals surface area (Å²) in [6.07, 6.45) is 0.788. The summed E-state index contributed by atoms with van der Waals surface area (Å²) in [5, 5.41) is 0. The van der Waals surface area contributed by atoms with Gasteiger partial charge in [-0.2, -0.15) is 0 Å². The van der Waals surface area contributed by atoms with Crippen molar-refractivity contribution >= 4 is 21.8 Å². The number of ether oxygens (including phenoxy) is 1. The molecule has 1 heterocycles. The predicted octanol–water partition coefficient (Wildman–Crippen LogP) is 3.23. The number of carbonyl (C=O) groups is 1. The first kappa shape index (κ1) is 14.5. The number of morpholine rings is 1. The van der Waals surface area contributed by atoms with Crippen LogP contribution in [0.25, 0.3) is 0 Å². The van der Waals surface area contributed by atoms with Gasteiger partial charge in [0.1, 0.15) is 5.82 Å². The summed E-state index contributed by atoms with van der Waals surface area (Å²) >= 11 is 3.11. The maximum atomic E-state index is 14.0. The second-order valence-electron chi connectivity index (χ2n) is 4.76. The van der Waals surface area contributed by atoms with E-state index in [0.29, 0.717) is 17.6 Å². The minimum atomic E-state index is -0.499. The summed E-state index contributed by atoms with van der Waals surface area (Å²) < 4.78 is 19.9. The van der Waals surface area contributed by atoms with Gasteiger partial charge in [-0.25, -0.2) is 4.39 Å². The van der Waals surface area contributed by atoms with Crippen molar-refractivity contribution in [2.24, 2.45) is 0 Å². The lowest BCUT2D eigenvalue weighted by atomic mass is 10.1. The number of halogens is 2. The van der Waals surface area contributed by atoms with Gasteiger partial charge in [0.25, 0.3) is 5.91 Å². The van der Waals surface area contributed by atoms with Gasteiger partial charge in [0.05, 0.1) is 28.8 Å². The molecular weight excluding hydrogens is 313 g/mol. The Labute approximate surface area is 120 Å². The van der Waals surface area contributed by atoms with E-state index < -0.39 is 5.82 Å². The van der Waals surface area contributed by atoms with Crippen molar-refractivity contribution in [3.05, 3.63) is 34.1 Å². The van der Waals surface area contributed by atoms with E-state index in [1.807, 2.05) is 13.8 Å². The molecule has 1 aliphatic rings. The Morgan fingerprint density at radius 2 is 2.32 bits per heavy atom. The molecule has 0 saturated carbocycles. The fraction of sp³-hybridized carbons (Fsp3) is 0.500. The van der Waals surface area contributed by atoms with Crippen LogP contribution in [0.2, 0.25) is 0 Å². The summed E-state index contributed by atoms with van der Waals surface area (Å²) in [5.41, 5.74) is 0.113. The van der Waals surface area contributed by atoms with E-state index >= 15 is 0 Å². The van der Waals surface area contributed by atoms with Gasteiger partial charge in [0.15, 0.2) is 0 Å². The average Bonchev–Trinajstić information content (AvgIpc) is 2.41. The van der Waals surface area contributed by atoms with Crippen LogP contribution in [0.5, 0.6) is 0 Å². The third-order valence-electron chi connectivity index (χ3n) is 3.38. The molecule has 1 aromatic rings. The lowest BCUT2D eigenvalue weighted by molar-refractivity contribution is -0.0445. The van der Waals surface area contributed by atoms with Crippen LogP contribution >= 0.6 is 15.9 Å². The minimum absolute atomic E-state index is 0.0121. The van der Waals surface area contributed by atoms with Crippen LogP contribution in [0.15, 0.2) is 22.7 Å². The first-order valence-corrected chi connectivity index (χ1v) is 7.20. The molecule has 0 aliphatic carbocycles. The summed E-state index contributed by atoms with van der Waals surface area (Å²) in [6.45, 7) is 4.94. The molecule has 0 spiro atoms. The van der Waals surface area contributed by atoms with Gasteiger partial charge in [-0.05, 0) is 41.4 Å². The van der Waals surface area contributed by atoms with Gasteiger partial charge in [-0.1, -0.05) is 13.0 Å². The third kappa shape index (κ3) is 2.98. The highest BCUT2D eigenvalue weighted by Crippen LogP contribution is 2.23. The Kier molecular flexibility index (Phi) is 4.58. The highest BCUT2D eigenvalue weighted by Gasteiger charge is 2.31. The molecule has 104 valence electrons. The molecule has 2 unspecified atom stereocenters. The number of amides is 1. The van der Waals surface area contributed by atoms with Crippen molar-refractivity contribution in [3.8, 4) is 0 Å². The lowest BCUT2D eigenvalue weighted by Gasteiger charge is -2.38. The van der Waals surface area contributed by atoms with E-state index in [0.717, 1.165) is 6.42 Å². The number of nitrogens with zero attached hydrogens (tertiary/aromatic N) is 1. The highest BCUT2D eigenvalue weighted by atomic mass is 79.9. The smallest absolute Gasteiger partial charge is 0.257 e. The molecular formula is C14H17BrFNO2. The van der Waals surface area contributed by atoms with Gasteiger partial charge < -0.3 is 9.64 Å². The van der Waals surface area contributed by atoms with Gasteiger partial charge in [0.2, 0.25) is 0 Å². The standard InChI is InChI=1S/C14H17BrFNO2/c1-3-10-8-19-9(2)7-17(10)14(18)11-5-4-6-12(15)13(11)16/h4-6,9-10H,3,7-8H2,1-2H3. The minimum Gasteiger partial charge on any atom is -0.375 e. The van der Waals surface area contributed by atoms with Crippen LogP contribution in [-0.2, 0) is 4.74 Å². The maximum Gasteiger partial charge on any atom is 0.257 e. The second-order valence-corrected chi connectivity index (χ2v) is 5.62. The number of hydrogen-bond acceptors (Lipinski definition) is 2. The topological polar surface area (TPSA) is 29.5 Å². The van der Waals surface area contributed by atoms with Crippen molar-refractivity contribution in [1.82, 2.24) is 4.90 Å². The zero-order chi connectivity index (χ0) is 14.0. The fourth-order valence-electron chi connectivity index (χ4n) is 2.25. The molecule has 0 bridgehead atoms. The Morgan fingerprint density at radius 3 is 3.00 bits per heavy atom. The Hall–Kier alpha value is -0.940. The molecule has 2 rings (SSSR count). The molecule has 1 saturated heterocycles. The summed E-state index contributed by atoms with van der Waals surface area (Å²) in [4.78, 5) is 14.2. The molecule has 1 fully saturated rings. The largest absolute Gasteiger partial charge is 0.375 e. The van der Waals surface area contributed by atoms with E-state index in [2.05, 4.69) is 15.9 Å². The first-order valence-electron chi connectivity index (χ1n) is 6.41. The van der Waals surface area contributed by atoms with Crippen LogP contribution in [0.4, 0.5) is 4.39 Å². The quantitative estimate of drug-likeness (QED) is 0.833. The van der Waals surface area contributed by atoms with Crippen molar-refractivity contribution in [1.29, 1.82) is 0 Å². The monoisotopic (exact) mass is 329 g/mol. The molecule has 19 heavy (non-hydrogen) atoms. The average molecular weight is 330 g/mol. The third-order valence-corrected chi connectivity index (χ3v) is 3.99. The maximum absolute atomic E-state index is 14.0. The molecule has 3 nitrogen and oxygen atoms in total. The van der Waals surface area contributed by atoms with Crippen LogP contribution in [0, 0.1) is 5.82 Å². The summed E-state index contributed by atoms with van der Waals surface area (Å²) in [6, 6.07) is 4.80. The summed E-state index contributed by atoms with van der Waals surface area (Å²) in [5.74, 6) is -0.762. The molecule has 5 heteroatoms. The fourth-order valence-corrected chi connectivity index (χ4v) is 2.62. The molecule has 1 aromatic carbocycles. The normalized spacial score (nSPS) is 23.5. The summed E-state index contributed by atoms with van der Waals surface area (Å²) in [7, 11) is 0. The number of rotatable bonds is 2. The van der Waals surface area contributed by atoms with Crippen LogP contribution in [0.1, 0.15) is 30.6 Å². The van der Waals surface area contributed by atoms with Crippen LogP contribution in [-0.4, -0.2) is 36.1 Å². The van der Waals surface area contributed by atoms with Crippen molar-refractivity contribution < 1.29 is 13.9 Å². The van der Waals surface area contributed by atoms with E-state index in [1.54, 1.807) is 17.0 Å². The first-order chi connectivity index (χ1) is 9.04. The zero-order valence-corrected chi connectivity index (χ0v) is 12.6. The van der Waals surface area contributed by atoms with E-state index in [4.69, 9.17) is 4.74 Å². The Balaban J connectivity index is 2.28. The van der Waals surface area contributed by atoms with Crippen molar-refractivity contribution in [3.63, 3.8) is 0 Å². The van der Waals surface area contributed by atoms with Crippen molar-refractivity contribution in [2.45, 2.75) is 32.4 Å². The molecule has 0 N–H and O–H groups in total. The van der Waals surface area contributed by atoms with E-state index in [1.165, 1.54) is 6.07 Å². The van der Waals surface area contributed by atoms with Crippen LogP contribution < -0.4 is 0 Å². The van der Waals surface area contributed by atoms with Gasteiger partial charge in [-0.3, -0.25) is 4.79 Å². The lowest BCUT2D eigenvalue weighted by Crippen LogP contribution is -2.51. The number of benzene rings is 1. The van der Waals surface area contributed by atoms with Gasteiger partial charge in [0, 0.05) is 6.54 Å². The van der Waals surface area contributed by atoms with E-state index in [-0.39, 0.29) is 23.6 Å². The van der Waals surface area contributed by atoms with Gasteiger partial charge in [-0.15, -0.1) is 0 Å². The van der Waals surface area contributed by atoms with Crippen molar-refractivity contribution in [2.75, 3.05) is 13.2 Å². The Morgan fingerprint density at radius 1 is 1.58 bits per heavy atom. The Bertz CT molecular complexity index is 481. The highest BCUT2D eigenvalue weighted by molar-refractivity contribution is 9.10.